The van der Waals surface area contributed by atoms with Crippen molar-refractivity contribution in [2.24, 2.45) is 5.92 Å². The van der Waals surface area contributed by atoms with Crippen LogP contribution in [0.3, 0.4) is 0 Å². The van der Waals surface area contributed by atoms with E-state index < -0.39 is 10.8 Å². The Morgan fingerprint density at radius 3 is 2.60 bits per heavy atom. The molecule has 0 aliphatic heterocycles. The fourth-order valence-electron chi connectivity index (χ4n) is 0.543. The Kier molecular flexibility index (Phi) is 5.49. The van der Waals surface area contributed by atoms with E-state index in [9.17, 15) is 4.21 Å². The molecule has 2 nitrogen and oxygen atoms in total. The van der Waals surface area contributed by atoms with Gasteiger partial charge in [0, 0.05) is 22.8 Å². The summed E-state index contributed by atoms with van der Waals surface area (Å²) >= 11 is 0. The molecule has 0 radical (unpaired) electrons. The summed E-state index contributed by atoms with van der Waals surface area (Å²) in [5.41, 5.74) is 0. The Balaban J connectivity index is 3.30. The van der Waals surface area contributed by atoms with Gasteiger partial charge in [-0.1, -0.05) is 13.8 Å². The summed E-state index contributed by atoms with van der Waals surface area (Å²) in [4.78, 5) is 0. The minimum Gasteiger partial charge on any atom is -0.312 e. The number of hydrogen-bond acceptors (Lipinski definition) is 2. The van der Waals surface area contributed by atoms with Gasteiger partial charge in [-0.15, -0.1) is 0 Å². The fraction of sp³-hybridized carbons (Fsp3) is 0.857. The number of nitrogens with one attached hydrogen (secondary N) is 1. The van der Waals surface area contributed by atoms with E-state index in [4.69, 9.17) is 5.41 Å². The van der Waals surface area contributed by atoms with Gasteiger partial charge < -0.3 is 5.41 Å². The van der Waals surface area contributed by atoms with Crippen LogP contribution >= 0.6 is 0 Å². The van der Waals surface area contributed by atoms with E-state index >= 15 is 0 Å². The molecule has 10 heavy (non-hydrogen) atoms. The van der Waals surface area contributed by atoms with Gasteiger partial charge in [0.25, 0.3) is 0 Å². The van der Waals surface area contributed by atoms with Crippen molar-refractivity contribution in [1.29, 1.82) is 5.41 Å². The molecule has 0 saturated heterocycles. The van der Waals surface area contributed by atoms with Crippen LogP contribution in [0.25, 0.3) is 0 Å². The third-order valence-corrected chi connectivity index (χ3v) is 2.42. The molecule has 0 aliphatic carbocycles. The van der Waals surface area contributed by atoms with Crippen LogP contribution in [0.1, 0.15) is 20.3 Å². The van der Waals surface area contributed by atoms with Crippen LogP contribution in [-0.2, 0) is 10.8 Å². The molecule has 0 rings (SSSR count). The van der Waals surface area contributed by atoms with E-state index in [1.165, 1.54) is 6.21 Å². The summed E-state index contributed by atoms with van der Waals surface area (Å²) in [6, 6.07) is 0. The summed E-state index contributed by atoms with van der Waals surface area (Å²) in [6.45, 7) is 4.23. The Morgan fingerprint density at radius 1 is 1.60 bits per heavy atom. The van der Waals surface area contributed by atoms with Crippen molar-refractivity contribution in [3.8, 4) is 0 Å². The summed E-state index contributed by atoms with van der Waals surface area (Å²) in [7, 11) is -0.784. The van der Waals surface area contributed by atoms with Crippen molar-refractivity contribution in [2.45, 2.75) is 20.3 Å². The van der Waals surface area contributed by atoms with Crippen LogP contribution in [0.5, 0.6) is 0 Å². The highest BCUT2D eigenvalue weighted by Crippen LogP contribution is 1.99. The molecule has 0 heterocycles. The third-order valence-electron chi connectivity index (χ3n) is 1.19. The topological polar surface area (TPSA) is 40.9 Å². The largest absolute Gasteiger partial charge is 0.312 e. The van der Waals surface area contributed by atoms with Crippen molar-refractivity contribution < 1.29 is 4.21 Å². The first-order chi connectivity index (χ1) is 4.66. The Morgan fingerprint density at radius 2 is 2.20 bits per heavy atom. The van der Waals surface area contributed by atoms with Crippen molar-refractivity contribution >= 4 is 17.0 Å². The predicted octanol–water partition coefficient (Wildman–Crippen LogP) is 1.43. The molecule has 0 bridgehead atoms. The molecule has 3 heteroatoms. The van der Waals surface area contributed by atoms with Gasteiger partial charge in [0.2, 0.25) is 0 Å². The van der Waals surface area contributed by atoms with Crippen molar-refractivity contribution in [2.75, 3.05) is 11.5 Å². The van der Waals surface area contributed by atoms with Gasteiger partial charge in [-0.25, -0.2) is 0 Å². The normalized spacial score (nSPS) is 13.5. The average Bonchev–Trinajstić information content (AvgIpc) is 1.85. The molecular formula is C7H15NOS. The summed E-state index contributed by atoms with van der Waals surface area (Å²) in [5, 5.41) is 6.70. The second kappa shape index (κ2) is 5.59. The first-order valence-corrected chi connectivity index (χ1v) is 4.99. The molecule has 0 saturated carbocycles. The van der Waals surface area contributed by atoms with Gasteiger partial charge in [-0.05, 0) is 12.3 Å². The highest BCUT2D eigenvalue weighted by atomic mass is 32.2. The Labute approximate surface area is 65.0 Å². The molecule has 0 fully saturated rings. The molecule has 1 N–H and O–H groups in total. The molecule has 60 valence electrons. The van der Waals surface area contributed by atoms with Crippen LogP contribution in [0.15, 0.2) is 0 Å². The zero-order chi connectivity index (χ0) is 7.98. The van der Waals surface area contributed by atoms with E-state index in [-0.39, 0.29) is 0 Å². The average molecular weight is 161 g/mol. The molecular weight excluding hydrogens is 146 g/mol. The molecule has 0 aromatic heterocycles. The zero-order valence-electron chi connectivity index (χ0n) is 6.59. The molecule has 0 spiro atoms. The minimum atomic E-state index is -0.784. The second-order valence-corrected chi connectivity index (χ2v) is 4.32. The molecule has 1 unspecified atom stereocenters. The van der Waals surface area contributed by atoms with E-state index in [2.05, 4.69) is 13.8 Å². The molecule has 1 atom stereocenters. The van der Waals surface area contributed by atoms with Crippen LogP contribution < -0.4 is 0 Å². The second-order valence-electron chi connectivity index (χ2n) is 2.70. The lowest BCUT2D eigenvalue weighted by atomic mass is 10.2. The predicted molar refractivity (Wildman–Crippen MR) is 46.1 cm³/mol. The highest BCUT2D eigenvalue weighted by molar-refractivity contribution is 7.85. The lowest BCUT2D eigenvalue weighted by Gasteiger charge is -2.01. The maximum absolute atomic E-state index is 10.9. The highest BCUT2D eigenvalue weighted by Gasteiger charge is 1.98. The quantitative estimate of drug-likeness (QED) is 0.609. The van der Waals surface area contributed by atoms with E-state index in [0.717, 1.165) is 12.2 Å². The van der Waals surface area contributed by atoms with Crippen molar-refractivity contribution in [3.63, 3.8) is 0 Å². The first-order valence-electron chi connectivity index (χ1n) is 3.50. The van der Waals surface area contributed by atoms with E-state index in [0.29, 0.717) is 11.7 Å². The standard InChI is InChI=1S/C7H15NOS/c1-7(2)3-5-10(9)6-4-8/h4,7-8H,3,5-6H2,1-2H3. The zero-order valence-corrected chi connectivity index (χ0v) is 7.41. The molecule has 0 amide bonds. The Hall–Kier alpha value is -0.180. The minimum absolute atomic E-state index is 0.423. The smallest absolute Gasteiger partial charge is 0.0582 e. The summed E-state index contributed by atoms with van der Waals surface area (Å²) < 4.78 is 10.9. The summed E-state index contributed by atoms with van der Waals surface area (Å²) in [5.74, 6) is 1.79. The van der Waals surface area contributed by atoms with Gasteiger partial charge in [-0.2, -0.15) is 0 Å². The van der Waals surface area contributed by atoms with Gasteiger partial charge in [0.1, 0.15) is 0 Å². The number of hydrogen-bond donors (Lipinski definition) is 1. The van der Waals surface area contributed by atoms with Gasteiger partial charge in [-0.3, -0.25) is 4.21 Å². The van der Waals surface area contributed by atoms with Gasteiger partial charge >= 0.3 is 0 Å². The van der Waals surface area contributed by atoms with Crippen molar-refractivity contribution in [3.05, 3.63) is 0 Å². The lowest BCUT2D eigenvalue weighted by molar-refractivity contribution is 0.620. The van der Waals surface area contributed by atoms with Crippen LogP contribution in [0.2, 0.25) is 0 Å². The maximum Gasteiger partial charge on any atom is 0.0582 e. The van der Waals surface area contributed by atoms with Crippen LogP contribution in [0, 0.1) is 11.3 Å². The van der Waals surface area contributed by atoms with Gasteiger partial charge in [0.05, 0.1) is 5.75 Å². The summed E-state index contributed by atoms with van der Waals surface area (Å²) in [6.07, 6.45) is 2.22. The first kappa shape index (κ1) is 9.82. The van der Waals surface area contributed by atoms with Crippen molar-refractivity contribution in [1.82, 2.24) is 0 Å². The Bertz CT molecular complexity index is 123. The van der Waals surface area contributed by atoms with Gasteiger partial charge in [0.15, 0.2) is 0 Å². The number of rotatable bonds is 5. The monoisotopic (exact) mass is 161 g/mol. The SMILES string of the molecule is CC(C)CCS(=O)CC=N. The maximum atomic E-state index is 10.9. The third kappa shape index (κ3) is 5.95. The molecule has 0 aromatic carbocycles. The molecule has 0 aliphatic rings. The van der Waals surface area contributed by atoms with E-state index in [1.54, 1.807) is 0 Å². The molecule has 0 aromatic rings. The van der Waals surface area contributed by atoms with Crippen LogP contribution in [0.4, 0.5) is 0 Å². The lowest BCUT2D eigenvalue weighted by Crippen LogP contribution is -2.05. The fourth-order valence-corrected chi connectivity index (χ4v) is 1.63. The van der Waals surface area contributed by atoms with E-state index in [1.807, 2.05) is 0 Å². The van der Waals surface area contributed by atoms with Crippen LogP contribution in [-0.4, -0.2) is 21.9 Å².